The number of carbonyl (C=O) groups is 1. The first-order valence-corrected chi connectivity index (χ1v) is 10.2. The van der Waals surface area contributed by atoms with Crippen molar-refractivity contribution in [3.63, 3.8) is 0 Å². The van der Waals surface area contributed by atoms with Crippen molar-refractivity contribution in [2.75, 3.05) is 5.32 Å². The molecule has 0 aliphatic heterocycles. The summed E-state index contributed by atoms with van der Waals surface area (Å²) in [6, 6.07) is 22.7. The Kier molecular flexibility index (Phi) is 6.08. The van der Waals surface area contributed by atoms with Gasteiger partial charge < -0.3 is 10.1 Å². The Balaban J connectivity index is 1.61. The Hall–Kier alpha value is -3.16. The Morgan fingerprint density at radius 2 is 1.54 bits per heavy atom. The number of carbonyl (C=O) groups excluding carboxylic acids is 1. The first-order chi connectivity index (χ1) is 13.4. The highest BCUT2D eigenvalue weighted by atomic mass is 32.2. The lowest BCUT2D eigenvalue weighted by Crippen LogP contribution is -2.13. The zero-order valence-corrected chi connectivity index (χ0v) is 15.9. The molecule has 0 bridgehead atoms. The predicted octanol–water partition coefficient (Wildman–Crippen LogP) is 3.70. The van der Waals surface area contributed by atoms with Gasteiger partial charge in [0.15, 0.2) is 5.75 Å². The minimum absolute atomic E-state index is 0.0488. The number of hydrogen-bond donors (Lipinski definition) is 2. The number of aryl methyl sites for hydroxylation is 1. The third-order valence-corrected chi connectivity index (χ3v) is 4.95. The molecule has 3 aromatic rings. The average Bonchev–Trinajstić information content (AvgIpc) is 2.68. The number of benzene rings is 3. The molecule has 144 valence electrons. The lowest BCUT2D eigenvalue weighted by molar-refractivity contribution is -0.116. The minimum Gasteiger partial charge on any atom is -0.455 e. The highest BCUT2D eigenvalue weighted by Crippen LogP contribution is 2.29. The summed E-state index contributed by atoms with van der Waals surface area (Å²) in [5.74, 6) is 1.07. The average molecular weight is 396 g/mol. The number of nitrogens with one attached hydrogen (secondary N) is 1. The van der Waals surface area contributed by atoms with Gasteiger partial charge in [0, 0.05) is 6.42 Å². The van der Waals surface area contributed by atoms with Gasteiger partial charge in [-0.2, -0.15) is 0 Å². The maximum absolute atomic E-state index is 12.3. The molecule has 3 N–H and O–H groups in total. The fourth-order valence-electron chi connectivity index (χ4n) is 2.59. The summed E-state index contributed by atoms with van der Waals surface area (Å²) in [5.41, 5.74) is 1.43. The molecule has 0 spiro atoms. The van der Waals surface area contributed by atoms with E-state index in [-0.39, 0.29) is 17.2 Å². The second kappa shape index (κ2) is 8.69. The van der Waals surface area contributed by atoms with Crippen molar-refractivity contribution in [3.8, 4) is 11.5 Å². The van der Waals surface area contributed by atoms with Gasteiger partial charge in [-0.25, -0.2) is 13.6 Å². The molecule has 0 heterocycles. The van der Waals surface area contributed by atoms with Gasteiger partial charge in [0.05, 0.1) is 10.6 Å². The van der Waals surface area contributed by atoms with Gasteiger partial charge in [-0.3, -0.25) is 4.79 Å². The number of hydrogen-bond acceptors (Lipinski definition) is 4. The summed E-state index contributed by atoms with van der Waals surface area (Å²) < 4.78 is 28.4. The van der Waals surface area contributed by atoms with Crippen LogP contribution >= 0.6 is 0 Å². The molecular weight excluding hydrogens is 376 g/mol. The molecule has 0 aliphatic rings. The predicted molar refractivity (Wildman–Crippen MR) is 108 cm³/mol. The van der Waals surface area contributed by atoms with Crippen molar-refractivity contribution in [2.45, 2.75) is 17.7 Å². The smallest absolute Gasteiger partial charge is 0.238 e. The lowest BCUT2D eigenvalue weighted by atomic mass is 10.1. The van der Waals surface area contributed by atoms with E-state index in [0.717, 1.165) is 5.56 Å². The monoisotopic (exact) mass is 396 g/mol. The van der Waals surface area contributed by atoms with Gasteiger partial charge in [-0.05, 0) is 48.4 Å². The summed E-state index contributed by atoms with van der Waals surface area (Å²) in [4.78, 5) is 12.4. The number of ether oxygens (including phenoxy) is 1. The molecule has 0 aromatic heterocycles. The SMILES string of the molecule is NS(=O)(=O)c1ccc(CCC(=O)Nc2ccccc2Oc2ccccc2)cc1. The Labute approximate surface area is 164 Å². The fraction of sp³-hybridized carbons (Fsp3) is 0.0952. The molecule has 0 fully saturated rings. The summed E-state index contributed by atoms with van der Waals surface area (Å²) in [6.07, 6.45) is 0.715. The zero-order valence-electron chi connectivity index (χ0n) is 15.0. The summed E-state index contributed by atoms with van der Waals surface area (Å²) in [6.45, 7) is 0. The van der Waals surface area contributed by atoms with Crippen LogP contribution in [0.4, 0.5) is 5.69 Å². The van der Waals surface area contributed by atoms with Crippen LogP contribution in [0.1, 0.15) is 12.0 Å². The second-order valence-corrected chi connectivity index (χ2v) is 7.71. The van der Waals surface area contributed by atoms with Crippen LogP contribution in [0.3, 0.4) is 0 Å². The topological polar surface area (TPSA) is 98.5 Å². The highest BCUT2D eigenvalue weighted by Gasteiger charge is 2.10. The molecule has 0 atom stereocenters. The minimum atomic E-state index is -3.72. The lowest BCUT2D eigenvalue weighted by Gasteiger charge is -2.12. The number of anilines is 1. The van der Waals surface area contributed by atoms with Gasteiger partial charge in [0.2, 0.25) is 15.9 Å². The van der Waals surface area contributed by atoms with Crippen LogP contribution in [-0.2, 0) is 21.2 Å². The molecule has 3 aromatic carbocycles. The zero-order chi connectivity index (χ0) is 20.0. The highest BCUT2D eigenvalue weighted by molar-refractivity contribution is 7.89. The fourth-order valence-corrected chi connectivity index (χ4v) is 3.11. The van der Waals surface area contributed by atoms with Crippen molar-refractivity contribution in [1.82, 2.24) is 0 Å². The quantitative estimate of drug-likeness (QED) is 0.636. The van der Waals surface area contributed by atoms with E-state index in [1.165, 1.54) is 12.1 Å². The van der Waals surface area contributed by atoms with E-state index in [0.29, 0.717) is 23.6 Å². The first-order valence-electron chi connectivity index (χ1n) is 8.65. The van der Waals surface area contributed by atoms with E-state index in [4.69, 9.17) is 9.88 Å². The van der Waals surface area contributed by atoms with Crippen molar-refractivity contribution in [2.24, 2.45) is 5.14 Å². The molecule has 0 aliphatic carbocycles. The second-order valence-electron chi connectivity index (χ2n) is 6.15. The molecule has 0 saturated carbocycles. The van der Waals surface area contributed by atoms with Crippen LogP contribution < -0.4 is 15.2 Å². The van der Waals surface area contributed by atoms with Crippen molar-refractivity contribution in [3.05, 3.63) is 84.4 Å². The summed E-state index contributed by atoms with van der Waals surface area (Å²) in [5, 5.41) is 7.94. The molecular formula is C21H20N2O4S. The molecule has 0 unspecified atom stereocenters. The Morgan fingerprint density at radius 1 is 0.893 bits per heavy atom. The molecule has 28 heavy (non-hydrogen) atoms. The first kappa shape index (κ1) is 19.6. The van der Waals surface area contributed by atoms with E-state index in [1.807, 2.05) is 42.5 Å². The normalized spacial score (nSPS) is 11.0. The Bertz CT molecular complexity index is 1050. The van der Waals surface area contributed by atoms with Crippen LogP contribution in [0, 0.1) is 0 Å². The largest absolute Gasteiger partial charge is 0.455 e. The molecule has 6 nitrogen and oxygen atoms in total. The maximum atomic E-state index is 12.3. The molecule has 7 heteroatoms. The van der Waals surface area contributed by atoms with Crippen LogP contribution in [-0.4, -0.2) is 14.3 Å². The summed E-state index contributed by atoms with van der Waals surface area (Å²) >= 11 is 0. The van der Waals surface area contributed by atoms with E-state index in [1.54, 1.807) is 24.3 Å². The van der Waals surface area contributed by atoms with Crippen molar-refractivity contribution in [1.29, 1.82) is 0 Å². The molecule has 3 rings (SSSR count). The third kappa shape index (κ3) is 5.42. The van der Waals surface area contributed by atoms with Crippen LogP contribution in [0.5, 0.6) is 11.5 Å². The number of nitrogens with two attached hydrogens (primary N) is 1. The van der Waals surface area contributed by atoms with Gasteiger partial charge in [-0.1, -0.05) is 42.5 Å². The number of para-hydroxylation sites is 3. The number of sulfonamides is 1. The van der Waals surface area contributed by atoms with Crippen LogP contribution in [0.15, 0.2) is 83.8 Å². The van der Waals surface area contributed by atoms with Gasteiger partial charge >= 0.3 is 0 Å². The maximum Gasteiger partial charge on any atom is 0.238 e. The van der Waals surface area contributed by atoms with Gasteiger partial charge in [0.1, 0.15) is 5.75 Å². The van der Waals surface area contributed by atoms with Crippen LogP contribution in [0.25, 0.3) is 0 Å². The van der Waals surface area contributed by atoms with Crippen molar-refractivity contribution < 1.29 is 17.9 Å². The van der Waals surface area contributed by atoms with Crippen molar-refractivity contribution >= 4 is 21.6 Å². The van der Waals surface area contributed by atoms with E-state index >= 15 is 0 Å². The van der Waals surface area contributed by atoms with E-state index in [2.05, 4.69) is 5.32 Å². The van der Waals surface area contributed by atoms with Gasteiger partial charge in [-0.15, -0.1) is 0 Å². The van der Waals surface area contributed by atoms with E-state index in [9.17, 15) is 13.2 Å². The number of primary sulfonamides is 1. The Morgan fingerprint density at radius 3 is 2.21 bits per heavy atom. The number of rotatable bonds is 7. The third-order valence-electron chi connectivity index (χ3n) is 4.02. The standard InChI is InChI=1S/C21H20N2O4S/c22-28(25,26)18-13-10-16(11-14-18)12-15-21(24)23-19-8-4-5-9-20(19)27-17-6-2-1-3-7-17/h1-11,13-14H,12,15H2,(H,23,24)(H2,22,25,26). The molecule has 1 amide bonds. The number of amides is 1. The molecule has 0 saturated heterocycles. The summed E-state index contributed by atoms with van der Waals surface area (Å²) in [7, 11) is -3.72. The molecule has 0 radical (unpaired) electrons. The van der Waals surface area contributed by atoms with Gasteiger partial charge in [0.25, 0.3) is 0 Å². The van der Waals surface area contributed by atoms with Crippen LogP contribution in [0.2, 0.25) is 0 Å². The van der Waals surface area contributed by atoms with E-state index < -0.39 is 10.0 Å².